The monoisotopic (exact) mass is 415 g/mol. The molecule has 0 aromatic heterocycles. The highest BCUT2D eigenvalue weighted by Gasteiger charge is 2.31. The number of anilines is 1. The van der Waals surface area contributed by atoms with Crippen molar-refractivity contribution >= 4 is 29.3 Å². The van der Waals surface area contributed by atoms with E-state index in [1.807, 2.05) is 22.7 Å². The molecule has 158 valence electrons. The van der Waals surface area contributed by atoms with Crippen LogP contribution < -0.4 is 4.90 Å². The first-order valence-electron chi connectivity index (χ1n) is 11.2. The second-order valence-corrected chi connectivity index (χ2v) is 10.1. The molecule has 4 rings (SSSR count). The number of likely N-dealkylation sites (tertiary alicyclic amines) is 2. The van der Waals surface area contributed by atoms with Crippen molar-refractivity contribution in [2.45, 2.75) is 55.6 Å². The lowest BCUT2D eigenvalue weighted by atomic mass is 9.94. The lowest BCUT2D eigenvalue weighted by Gasteiger charge is -2.36. The Morgan fingerprint density at radius 1 is 0.966 bits per heavy atom. The van der Waals surface area contributed by atoms with Crippen LogP contribution in [0.3, 0.4) is 0 Å². The van der Waals surface area contributed by atoms with Crippen molar-refractivity contribution in [3.05, 3.63) is 24.3 Å². The van der Waals surface area contributed by atoms with Crippen LogP contribution in [0, 0.1) is 5.92 Å². The lowest BCUT2D eigenvalue weighted by molar-refractivity contribution is -0.138. The number of hydrogen-bond donors (Lipinski definition) is 0. The molecular weight excluding hydrogens is 382 g/mol. The quantitative estimate of drug-likeness (QED) is 0.756. The van der Waals surface area contributed by atoms with E-state index in [0.29, 0.717) is 17.7 Å². The van der Waals surface area contributed by atoms with E-state index in [1.165, 1.54) is 11.3 Å². The number of piperidine rings is 2. The molecule has 0 saturated carbocycles. The summed E-state index contributed by atoms with van der Waals surface area (Å²) in [5.41, 5.74) is 1.06. The van der Waals surface area contributed by atoms with Crippen LogP contribution in [0.2, 0.25) is 0 Å². The van der Waals surface area contributed by atoms with E-state index in [9.17, 15) is 9.59 Å². The number of rotatable bonds is 3. The van der Waals surface area contributed by atoms with Gasteiger partial charge in [-0.25, -0.2) is 0 Å². The molecule has 3 heterocycles. The molecule has 3 aliphatic heterocycles. The Kier molecular flexibility index (Phi) is 6.81. The summed E-state index contributed by atoms with van der Waals surface area (Å²) in [5, 5.41) is 0.519. The Bertz CT molecular complexity index is 727. The predicted molar refractivity (Wildman–Crippen MR) is 118 cm³/mol. The zero-order valence-electron chi connectivity index (χ0n) is 17.5. The molecule has 6 heteroatoms. The standard InChI is InChI=1S/C23H33N3O2S/c1-18-9-16-26(20-7-3-4-8-21(20)29-18)22(27)17-24-14-10-19(11-15-24)23(28)25-12-5-2-6-13-25/h3-4,7-8,18-19H,2,5-6,9-17H2,1H3. The van der Waals surface area contributed by atoms with Crippen molar-refractivity contribution in [1.29, 1.82) is 0 Å². The average molecular weight is 416 g/mol. The van der Waals surface area contributed by atoms with Gasteiger partial charge in [-0.1, -0.05) is 19.1 Å². The zero-order chi connectivity index (χ0) is 20.2. The third-order valence-electron chi connectivity index (χ3n) is 6.51. The molecule has 2 saturated heterocycles. The van der Waals surface area contributed by atoms with Gasteiger partial charge >= 0.3 is 0 Å². The summed E-state index contributed by atoms with van der Waals surface area (Å²) in [7, 11) is 0. The predicted octanol–water partition coefficient (Wildman–Crippen LogP) is 3.63. The van der Waals surface area contributed by atoms with Crippen molar-refractivity contribution in [2.24, 2.45) is 5.92 Å². The molecule has 0 N–H and O–H groups in total. The molecule has 1 atom stereocenters. The van der Waals surface area contributed by atoms with E-state index in [1.54, 1.807) is 0 Å². The number of nitrogens with zero attached hydrogens (tertiary/aromatic N) is 3. The van der Waals surface area contributed by atoms with Crippen LogP contribution in [0.1, 0.15) is 45.4 Å². The molecule has 0 aliphatic carbocycles. The second-order valence-electron chi connectivity index (χ2n) is 8.67. The highest BCUT2D eigenvalue weighted by molar-refractivity contribution is 8.00. The molecule has 0 radical (unpaired) electrons. The number of fused-ring (bicyclic) bond motifs is 1. The van der Waals surface area contributed by atoms with E-state index in [0.717, 1.165) is 70.5 Å². The highest BCUT2D eigenvalue weighted by Crippen LogP contribution is 2.37. The summed E-state index contributed by atoms with van der Waals surface area (Å²) >= 11 is 1.87. The maximum atomic E-state index is 13.2. The van der Waals surface area contributed by atoms with Crippen LogP contribution in [0.4, 0.5) is 5.69 Å². The summed E-state index contributed by atoms with van der Waals surface area (Å²) in [4.78, 5) is 33.4. The molecule has 1 unspecified atom stereocenters. The average Bonchev–Trinajstić information content (AvgIpc) is 2.92. The van der Waals surface area contributed by atoms with Gasteiger partial charge in [0.25, 0.3) is 0 Å². The summed E-state index contributed by atoms with van der Waals surface area (Å²) in [6.07, 6.45) is 6.32. The number of carbonyl (C=O) groups excluding carboxylic acids is 2. The van der Waals surface area contributed by atoms with Gasteiger partial charge in [0, 0.05) is 35.7 Å². The topological polar surface area (TPSA) is 43.9 Å². The van der Waals surface area contributed by atoms with Crippen molar-refractivity contribution in [1.82, 2.24) is 9.80 Å². The van der Waals surface area contributed by atoms with E-state index in [4.69, 9.17) is 0 Å². The van der Waals surface area contributed by atoms with Crippen molar-refractivity contribution in [2.75, 3.05) is 44.2 Å². The Labute approximate surface area is 178 Å². The van der Waals surface area contributed by atoms with Crippen LogP contribution in [-0.2, 0) is 9.59 Å². The van der Waals surface area contributed by atoms with Crippen molar-refractivity contribution in [3.8, 4) is 0 Å². The maximum absolute atomic E-state index is 13.2. The largest absolute Gasteiger partial charge is 0.342 e. The van der Waals surface area contributed by atoms with E-state index < -0.39 is 0 Å². The number of benzene rings is 1. The van der Waals surface area contributed by atoms with Crippen LogP contribution >= 0.6 is 11.8 Å². The fraction of sp³-hybridized carbons (Fsp3) is 0.652. The minimum atomic E-state index is 0.149. The van der Waals surface area contributed by atoms with Gasteiger partial charge in [-0.15, -0.1) is 11.8 Å². The third-order valence-corrected chi connectivity index (χ3v) is 7.75. The molecule has 0 bridgehead atoms. The van der Waals surface area contributed by atoms with Crippen molar-refractivity contribution < 1.29 is 9.59 Å². The van der Waals surface area contributed by atoms with Gasteiger partial charge in [-0.3, -0.25) is 14.5 Å². The molecule has 3 aliphatic rings. The first-order chi connectivity index (χ1) is 14.1. The third kappa shape index (κ3) is 4.97. The zero-order valence-corrected chi connectivity index (χ0v) is 18.3. The first-order valence-corrected chi connectivity index (χ1v) is 12.1. The molecule has 5 nitrogen and oxygen atoms in total. The normalized spacial score (nSPS) is 24.1. The number of para-hydroxylation sites is 1. The van der Waals surface area contributed by atoms with Gasteiger partial charge in [-0.2, -0.15) is 0 Å². The fourth-order valence-corrected chi connectivity index (χ4v) is 5.85. The molecule has 1 aromatic rings. The summed E-state index contributed by atoms with van der Waals surface area (Å²) in [6, 6.07) is 8.27. The number of amides is 2. The minimum Gasteiger partial charge on any atom is -0.342 e. The Morgan fingerprint density at radius 3 is 2.45 bits per heavy atom. The van der Waals surface area contributed by atoms with Gasteiger partial charge in [0.1, 0.15) is 0 Å². The van der Waals surface area contributed by atoms with Crippen LogP contribution in [-0.4, -0.2) is 66.1 Å². The van der Waals surface area contributed by atoms with Gasteiger partial charge in [0.15, 0.2) is 0 Å². The molecule has 0 spiro atoms. The smallest absolute Gasteiger partial charge is 0.241 e. The van der Waals surface area contributed by atoms with E-state index >= 15 is 0 Å². The van der Waals surface area contributed by atoms with Crippen molar-refractivity contribution in [3.63, 3.8) is 0 Å². The number of thioether (sulfide) groups is 1. The SMILES string of the molecule is CC1CCN(C(=O)CN2CCC(C(=O)N3CCCCC3)CC2)c2ccccc2S1. The van der Waals surface area contributed by atoms with Crippen LogP contribution in [0.5, 0.6) is 0 Å². The fourth-order valence-electron chi connectivity index (χ4n) is 4.73. The van der Waals surface area contributed by atoms with Gasteiger partial charge < -0.3 is 9.80 Å². The Morgan fingerprint density at radius 2 is 1.69 bits per heavy atom. The van der Waals surface area contributed by atoms with Gasteiger partial charge in [0.2, 0.25) is 11.8 Å². The lowest BCUT2D eigenvalue weighted by Crippen LogP contribution is -2.47. The second kappa shape index (κ2) is 9.52. The molecular formula is C23H33N3O2S. The van der Waals surface area contributed by atoms with E-state index in [2.05, 4.69) is 34.9 Å². The van der Waals surface area contributed by atoms with Crippen LogP contribution in [0.25, 0.3) is 0 Å². The highest BCUT2D eigenvalue weighted by atomic mass is 32.2. The van der Waals surface area contributed by atoms with Crippen LogP contribution in [0.15, 0.2) is 29.2 Å². The van der Waals surface area contributed by atoms with Gasteiger partial charge in [-0.05, 0) is 63.7 Å². The number of hydrogen-bond acceptors (Lipinski definition) is 4. The Balaban J connectivity index is 1.32. The molecule has 2 fully saturated rings. The maximum Gasteiger partial charge on any atom is 0.241 e. The summed E-state index contributed by atoms with van der Waals surface area (Å²) < 4.78 is 0. The first kappa shape index (κ1) is 20.7. The molecule has 29 heavy (non-hydrogen) atoms. The van der Waals surface area contributed by atoms with E-state index in [-0.39, 0.29) is 11.8 Å². The minimum absolute atomic E-state index is 0.149. The molecule has 2 amide bonds. The number of carbonyl (C=O) groups is 2. The summed E-state index contributed by atoms with van der Waals surface area (Å²) in [6.45, 7) is 7.03. The van der Waals surface area contributed by atoms with Gasteiger partial charge in [0.05, 0.1) is 12.2 Å². The Hall–Kier alpha value is -1.53. The summed E-state index contributed by atoms with van der Waals surface area (Å²) in [5.74, 6) is 0.687. The molecule has 1 aromatic carbocycles.